The number of carbonyl (C=O) groups is 1. The van der Waals surface area contributed by atoms with Gasteiger partial charge < -0.3 is 10.5 Å². The third kappa shape index (κ3) is 3.49. The number of nitrogens with two attached hydrogens (primary N) is 1. The maximum absolute atomic E-state index is 11.2. The second-order valence-electron chi connectivity index (χ2n) is 2.99. The molecular weight excluding hydrogens is 142 g/mol. The topological polar surface area (TPSA) is 52.3 Å². The highest BCUT2D eigenvalue weighted by Crippen LogP contribution is 2.09. The third-order valence-electron chi connectivity index (χ3n) is 1.76. The SMILES string of the molecule is COCC(=O)C(CN)C(C)C. The quantitative estimate of drug-likeness (QED) is 0.633. The maximum Gasteiger partial charge on any atom is 0.163 e. The van der Waals surface area contributed by atoms with Crippen LogP contribution < -0.4 is 5.73 Å². The molecular formula is C8H17NO2. The summed E-state index contributed by atoms with van der Waals surface area (Å²) in [4.78, 5) is 11.2. The van der Waals surface area contributed by atoms with Crippen LogP contribution in [0.25, 0.3) is 0 Å². The summed E-state index contributed by atoms with van der Waals surface area (Å²) >= 11 is 0. The molecule has 0 saturated heterocycles. The Morgan fingerprint density at radius 2 is 2.09 bits per heavy atom. The summed E-state index contributed by atoms with van der Waals surface area (Å²) in [5.74, 6) is 0.364. The highest BCUT2D eigenvalue weighted by molar-refractivity contribution is 5.82. The molecule has 0 spiro atoms. The van der Waals surface area contributed by atoms with Crippen LogP contribution in [0.5, 0.6) is 0 Å². The zero-order valence-electron chi connectivity index (χ0n) is 7.46. The average Bonchev–Trinajstić information content (AvgIpc) is 1.88. The lowest BCUT2D eigenvalue weighted by Gasteiger charge is -2.16. The Morgan fingerprint density at radius 1 is 1.55 bits per heavy atom. The second-order valence-corrected chi connectivity index (χ2v) is 2.99. The molecule has 11 heavy (non-hydrogen) atoms. The van der Waals surface area contributed by atoms with E-state index in [2.05, 4.69) is 0 Å². The third-order valence-corrected chi connectivity index (χ3v) is 1.76. The van der Waals surface area contributed by atoms with Gasteiger partial charge in [-0.05, 0) is 5.92 Å². The lowest BCUT2D eigenvalue weighted by atomic mass is 9.92. The molecule has 2 N–H and O–H groups in total. The molecule has 0 aromatic heterocycles. The lowest BCUT2D eigenvalue weighted by Crippen LogP contribution is -2.30. The van der Waals surface area contributed by atoms with E-state index >= 15 is 0 Å². The molecule has 3 heteroatoms. The molecule has 0 aliphatic rings. The summed E-state index contributed by atoms with van der Waals surface area (Å²) in [6.45, 7) is 4.58. The molecule has 0 aliphatic carbocycles. The summed E-state index contributed by atoms with van der Waals surface area (Å²) in [6, 6.07) is 0. The highest BCUT2D eigenvalue weighted by Gasteiger charge is 2.19. The minimum atomic E-state index is -0.0463. The van der Waals surface area contributed by atoms with Crippen LogP contribution in [0.2, 0.25) is 0 Å². The van der Waals surface area contributed by atoms with Gasteiger partial charge in [-0.15, -0.1) is 0 Å². The number of rotatable bonds is 5. The second kappa shape index (κ2) is 5.27. The van der Waals surface area contributed by atoms with Crippen molar-refractivity contribution in [3.63, 3.8) is 0 Å². The van der Waals surface area contributed by atoms with Crippen LogP contribution in [0.1, 0.15) is 13.8 Å². The number of ketones is 1. The summed E-state index contributed by atoms with van der Waals surface area (Å²) in [5.41, 5.74) is 5.43. The van der Waals surface area contributed by atoms with Crippen LogP contribution in [0.4, 0.5) is 0 Å². The molecule has 0 bridgehead atoms. The van der Waals surface area contributed by atoms with Crippen molar-refractivity contribution < 1.29 is 9.53 Å². The van der Waals surface area contributed by atoms with Crippen LogP contribution in [0.3, 0.4) is 0 Å². The van der Waals surface area contributed by atoms with E-state index in [0.717, 1.165) is 0 Å². The summed E-state index contributed by atoms with van der Waals surface area (Å²) in [7, 11) is 1.52. The van der Waals surface area contributed by atoms with Crippen LogP contribution in [0, 0.1) is 11.8 Å². The standard InChI is InChI=1S/C8H17NO2/c1-6(2)7(4-9)8(10)5-11-3/h6-7H,4-5,9H2,1-3H3. The van der Waals surface area contributed by atoms with Crippen LogP contribution in [-0.2, 0) is 9.53 Å². The average molecular weight is 159 g/mol. The smallest absolute Gasteiger partial charge is 0.163 e. The van der Waals surface area contributed by atoms with E-state index in [0.29, 0.717) is 12.5 Å². The molecule has 0 aromatic rings. The van der Waals surface area contributed by atoms with E-state index in [-0.39, 0.29) is 18.3 Å². The molecule has 1 atom stereocenters. The largest absolute Gasteiger partial charge is 0.377 e. The van der Waals surface area contributed by atoms with E-state index < -0.39 is 0 Å². The van der Waals surface area contributed by atoms with Gasteiger partial charge in [0.15, 0.2) is 5.78 Å². The summed E-state index contributed by atoms with van der Waals surface area (Å²) < 4.78 is 4.73. The van der Waals surface area contributed by atoms with E-state index in [1.807, 2.05) is 13.8 Å². The monoisotopic (exact) mass is 159 g/mol. The van der Waals surface area contributed by atoms with Crippen molar-refractivity contribution >= 4 is 5.78 Å². The number of carbonyl (C=O) groups excluding carboxylic acids is 1. The van der Waals surface area contributed by atoms with Crippen molar-refractivity contribution in [3.05, 3.63) is 0 Å². The Labute approximate surface area is 67.9 Å². The van der Waals surface area contributed by atoms with E-state index in [1.54, 1.807) is 0 Å². The zero-order chi connectivity index (χ0) is 8.85. The first kappa shape index (κ1) is 10.6. The van der Waals surface area contributed by atoms with E-state index in [9.17, 15) is 4.79 Å². The van der Waals surface area contributed by atoms with Crippen molar-refractivity contribution in [1.29, 1.82) is 0 Å². The van der Waals surface area contributed by atoms with Gasteiger partial charge in [-0.3, -0.25) is 4.79 Å². The van der Waals surface area contributed by atoms with Crippen molar-refractivity contribution in [3.8, 4) is 0 Å². The molecule has 0 radical (unpaired) electrons. The van der Waals surface area contributed by atoms with Gasteiger partial charge in [0.2, 0.25) is 0 Å². The predicted octanol–water partition coefficient (Wildman–Crippen LogP) is 0.433. The molecule has 0 aliphatic heterocycles. The van der Waals surface area contributed by atoms with Crippen LogP contribution in [-0.4, -0.2) is 26.0 Å². The minimum absolute atomic E-state index is 0.0463. The molecule has 0 fully saturated rings. The minimum Gasteiger partial charge on any atom is -0.377 e. The van der Waals surface area contributed by atoms with Crippen molar-refractivity contribution in [2.45, 2.75) is 13.8 Å². The van der Waals surface area contributed by atoms with E-state index in [1.165, 1.54) is 7.11 Å². The van der Waals surface area contributed by atoms with Gasteiger partial charge in [0.05, 0.1) is 0 Å². The van der Waals surface area contributed by atoms with Gasteiger partial charge in [0.25, 0.3) is 0 Å². The van der Waals surface area contributed by atoms with Gasteiger partial charge in [-0.2, -0.15) is 0 Å². The fraction of sp³-hybridized carbons (Fsp3) is 0.875. The molecule has 1 unspecified atom stereocenters. The first-order valence-electron chi connectivity index (χ1n) is 3.85. The first-order valence-corrected chi connectivity index (χ1v) is 3.85. The number of hydrogen-bond acceptors (Lipinski definition) is 3. The van der Waals surface area contributed by atoms with Crippen molar-refractivity contribution in [2.75, 3.05) is 20.3 Å². The number of methoxy groups -OCH3 is 1. The van der Waals surface area contributed by atoms with Gasteiger partial charge in [-0.25, -0.2) is 0 Å². The number of hydrogen-bond donors (Lipinski definition) is 1. The van der Waals surface area contributed by atoms with Crippen LogP contribution in [0.15, 0.2) is 0 Å². The summed E-state index contributed by atoms with van der Waals surface area (Å²) in [6.07, 6.45) is 0. The Balaban J connectivity index is 3.92. The molecule has 66 valence electrons. The van der Waals surface area contributed by atoms with Crippen LogP contribution >= 0.6 is 0 Å². The molecule has 0 aromatic carbocycles. The van der Waals surface area contributed by atoms with E-state index in [4.69, 9.17) is 10.5 Å². The number of ether oxygens (including phenoxy) is 1. The summed E-state index contributed by atoms with van der Waals surface area (Å²) in [5, 5.41) is 0. The molecule has 0 rings (SSSR count). The zero-order valence-corrected chi connectivity index (χ0v) is 7.46. The Kier molecular flexibility index (Phi) is 5.07. The Bertz CT molecular complexity index is 123. The van der Waals surface area contributed by atoms with Gasteiger partial charge in [0.1, 0.15) is 6.61 Å². The van der Waals surface area contributed by atoms with Gasteiger partial charge in [-0.1, -0.05) is 13.8 Å². The van der Waals surface area contributed by atoms with Gasteiger partial charge >= 0.3 is 0 Å². The number of Topliss-reactive ketones (excluding diaryl/α,β-unsaturated/α-hetero) is 1. The highest BCUT2D eigenvalue weighted by atomic mass is 16.5. The molecule has 3 nitrogen and oxygen atoms in total. The fourth-order valence-corrected chi connectivity index (χ4v) is 1.02. The first-order chi connectivity index (χ1) is 5.13. The predicted molar refractivity (Wildman–Crippen MR) is 44.3 cm³/mol. The molecule has 0 heterocycles. The lowest BCUT2D eigenvalue weighted by molar-refractivity contribution is -0.127. The molecule has 0 saturated carbocycles. The van der Waals surface area contributed by atoms with Crippen molar-refractivity contribution in [1.82, 2.24) is 0 Å². The molecule has 0 amide bonds. The normalized spacial score (nSPS) is 13.5. The Morgan fingerprint density at radius 3 is 2.36 bits per heavy atom. The maximum atomic E-state index is 11.2. The van der Waals surface area contributed by atoms with Gasteiger partial charge in [0, 0.05) is 19.6 Å². The fourth-order valence-electron chi connectivity index (χ4n) is 1.02. The Hall–Kier alpha value is -0.410. The van der Waals surface area contributed by atoms with Crippen molar-refractivity contribution in [2.24, 2.45) is 17.6 Å².